The van der Waals surface area contributed by atoms with Gasteiger partial charge in [-0.2, -0.15) is 5.26 Å². The Hall–Kier alpha value is -1.99. The summed E-state index contributed by atoms with van der Waals surface area (Å²) in [7, 11) is 0. The average molecular weight is 360 g/mol. The lowest BCUT2D eigenvalue weighted by Gasteiger charge is -2.15. The van der Waals surface area contributed by atoms with Gasteiger partial charge in [-0.05, 0) is 43.2 Å². The molecule has 0 aliphatic heterocycles. The van der Waals surface area contributed by atoms with Gasteiger partial charge in [0, 0.05) is 4.47 Å². The second kappa shape index (κ2) is 7.86. The Morgan fingerprint density at radius 2 is 1.91 bits per heavy atom. The molecule has 0 aliphatic rings. The second-order valence-corrected chi connectivity index (χ2v) is 5.81. The predicted octanol–water partition coefficient (Wildman–Crippen LogP) is 5.60. The smallest absolute Gasteiger partial charge is 0.170 e. The van der Waals surface area contributed by atoms with Crippen LogP contribution in [0.4, 0.5) is 0 Å². The molecule has 0 aliphatic carbocycles. The van der Waals surface area contributed by atoms with Crippen molar-refractivity contribution in [2.45, 2.75) is 26.7 Å². The van der Waals surface area contributed by atoms with Crippen LogP contribution in [0.2, 0.25) is 0 Å². The van der Waals surface area contributed by atoms with Crippen molar-refractivity contribution in [1.82, 2.24) is 0 Å². The van der Waals surface area contributed by atoms with Crippen molar-refractivity contribution in [3.05, 3.63) is 52.0 Å². The first-order valence-electron chi connectivity index (χ1n) is 7.25. The zero-order valence-corrected chi connectivity index (χ0v) is 14.3. The Kier molecular flexibility index (Phi) is 5.85. The Balaban J connectivity index is 2.32. The highest BCUT2D eigenvalue weighted by molar-refractivity contribution is 9.10. The standard InChI is InChI=1S/C18H18BrNO2/c1-3-4-9-21-17-10-13(2)15(19)11-18(17)22-16-8-6-5-7-14(16)12-20/h5-8,10-11H,3-4,9H2,1-2H3. The van der Waals surface area contributed by atoms with Gasteiger partial charge in [0.25, 0.3) is 0 Å². The van der Waals surface area contributed by atoms with Crippen molar-refractivity contribution >= 4 is 15.9 Å². The summed E-state index contributed by atoms with van der Waals surface area (Å²) in [4.78, 5) is 0. The van der Waals surface area contributed by atoms with Crippen LogP contribution in [0.1, 0.15) is 30.9 Å². The van der Waals surface area contributed by atoms with E-state index in [0.29, 0.717) is 29.4 Å². The van der Waals surface area contributed by atoms with Gasteiger partial charge in [-0.1, -0.05) is 41.4 Å². The van der Waals surface area contributed by atoms with Crippen LogP contribution in [0.25, 0.3) is 0 Å². The first-order chi connectivity index (χ1) is 10.7. The zero-order valence-electron chi connectivity index (χ0n) is 12.7. The van der Waals surface area contributed by atoms with E-state index in [1.807, 2.05) is 31.2 Å². The Morgan fingerprint density at radius 3 is 2.64 bits per heavy atom. The van der Waals surface area contributed by atoms with E-state index in [-0.39, 0.29) is 0 Å². The van der Waals surface area contributed by atoms with Crippen LogP contribution in [-0.2, 0) is 0 Å². The number of para-hydroxylation sites is 1. The van der Waals surface area contributed by atoms with Gasteiger partial charge in [-0.15, -0.1) is 0 Å². The van der Waals surface area contributed by atoms with Crippen LogP contribution >= 0.6 is 15.9 Å². The number of hydrogen-bond donors (Lipinski definition) is 0. The van der Waals surface area contributed by atoms with Gasteiger partial charge in [0.1, 0.15) is 11.8 Å². The van der Waals surface area contributed by atoms with Crippen LogP contribution in [0.15, 0.2) is 40.9 Å². The molecule has 0 atom stereocenters. The predicted molar refractivity (Wildman–Crippen MR) is 90.5 cm³/mol. The molecule has 2 rings (SSSR count). The fourth-order valence-corrected chi connectivity index (χ4v) is 2.24. The molecule has 0 spiro atoms. The van der Waals surface area contributed by atoms with Crippen LogP contribution in [0, 0.1) is 18.3 Å². The van der Waals surface area contributed by atoms with E-state index >= 15 is 0 Å². The number of unbranched alkanes of at least 4 members (excludes halogenated alkanes) is 1. The molecule has 2 aromatic carbocycles. The molecule has 2 aromatic rings. The third-order valence-corrected chi connectivity index (χ3v) is 4.06. The van der Waals surface area contributed by atoms with E-state index in [1.165, 1.54) is 0 Å². The van der Waals surface area contributed by atoms with Crippen molar-refractivity contribution < 1.29 is 9.47 Å². The number of benzene rings is 2. The van der Waals surface area contributed by atoms with Crippen molar-refractivity contribution in [3.63, 3.8) is 0 Å². The lowest BCUT2D eigenvalue weighted by molar-refractivity contribution is 0.295. The molecule has 0 amide bonds. The second-order valence-electron chi connectivity index (χ2n) is 4.96. The van der Waals surface area contributed by atoms with E-state index in [0.717, 1.165) is 22.9 Å². The number of nitrogens with zero attached hydrogens (tertiary/aromatic N) is 1. The Morgan fingerprint density at radius 1 is 1.14 bits per heavy atom. The molecular formula is C18H18BrNO2. The minimum absolute atomic E-state index is 0.499. The van der Waals surface area contributed by atoms with E-state index in [1.54, 1.807) is 12.1 Å². The molecular weight excluding hydrogens is 342 g/mol. The molecule has 0 saturated carbocycles. The molecule has 0 bridgehead atoms. The summed E-state index contributed by atoms with van der Waals surface area (Å²) >= 11 is 3.51. The molecule has 114 valence electrons. The number of rotatable bonds is 6. The highest BCUT2D eigenvalue weighted by atomic mass is 79.9. The van der Waals surface area contributed by atoms with Gasteiger partial charge in [0.05, 0.1) is 12.2 Å². The van der Waals surface area contributed by atoms with Gasteiger partial charge in [0.2, 0.25) is 0 Å². The van der Waals surface area contributed by atoms with Crippen molar-refractivity contribution in [3.8, 4) is 23.3 Å². The summed E-state index contributed by atoms with van der Waals surface area (Å²) in [5, 5.41) is 9.17. The van der Waals surface area contributed by atoms with Crippen molar-refractivity contribution in [2.75, 3.05) is 6.61 Å². The minimum Gasteiger partial charge on any atom is -0.490 e. The molecule has 22 heavy (non-hydrogen) atoms. The number of hydrogen-bond acceptors (Lipinski definition) is 3. The number of aryl methyl sites for hydroxylation is 1. The van der Waals surface area contributed by atoms with Crippen LogP contribution < -0.4 is 9.47 Å². The third kappa shape index (κ3) is 4.02. The van der Waals surface area contributed by atoms with Crippen LogP contribution in [-0.4, -0.2) is 6.61 Å². The lowest BCUT2D eigenvalue weighted by atomic mass is 10.2. The SMILES string of the molecule is CCCCOc1cc(C)c(Br)cc1Oc1ccccc1C#N. The van der Waals surface area contributed by atoms with Gasteiger partial charge >= 0.3 is 0 Å². The van der Waals surface area contributed by atoms with Gasteiger partial charge in [-0.25, -0.2) is 0 Å². The fraction of sp³-hybridized carbons (Fsp3) is 0.278. The van der Waals surface area contributed by atoms with Crippen molar-refractivity contribution in [1.29, 1.82) is 5.26 Å². The summed E-state index contributed by atoms with van der Waals surface area (Å²) in [6.45, 7) is 4.77. The third-order valence-electron chi connectivity index (χ3n) is 3.21. The Bertz CT molecular complexity index is 692. The number of halogens is 1. The maximum Gasteiger partial charge on any atom is 0.170 e. The molecule has 3 nitrogen and oxygen atoms in total. The van der Waals surface area contributed by atoms with E-state index in [9.17, 15) is 0 Å². The molecule has 0 N–H and O–H groups in total. The molecule has 0 radical (unpaired) electrons. The number of nitriles is 1. The summed E-state index contributed by atoms with van der Waals surface area (Å²) in [6, 6.07) is 13.1. The number of ether oxygens (including phenoxy) is 2. The zero-order chi connectivity index (χ0) is 15.9. The van der Waals surface area contributed by atoms with Crippen LogP contribution in [0.3, 0.4) is 0 Å². The van der Waals surface area contributed by atoms with E-state index in [4.69, 9.17) is 14.7 Å². The molecule has 0 unspecified atom stereocenters. The minimum atomic E-state index is 0.499. The van der Waals surface area contributed by atoms with E-state index < -0.39 is 0 Å². The fourth-order valence-electron chi connectivity index (χ4n) is 1.92. The molecule has 0 fully saturated rings. The Labute approximate surface area is 139 Å². The van der Waals surface area contributed by atoms with E-state index in [2.05, 4.69) is 28.9 Å². The highest BCUT2D eigenvalue weighted by Crippen LogP contribution is 2.37. The average Bonchev–Trinajstić information content (AvgIpc) is 2.52. The quantitative estimate of drug-likeness (QED) is 0.630. The monoisotopic (exact) mass is 359 g/mol. The first-order valence-corrected chi connectivity index (χ1v) is 8.05. The summed E-state index contributed by atoms with van der Waals surface area (Å²) in [5.74, 6) is 1.83. The van der Waals surface area contributed by atoms with Gasteiger partial charge < -0.3 is 9.47 Å². The molecule has 0 saturated heterocycles. The normalized spacial score (nSPS) is 10.1. The van der Waals surface area contributed by atoms with Gasteiger partial charge in [-0.3, -0.25) is 0 Å². The maximum atomic E-state index is 9.17. The summed E-state index contributed by atoms with van der Waals surface area (Å²) in [6.07, 6.45) is 2.06. The molecule has 0 aromatic heterocycles. The summed E-state index contributed by atoms with van der Waals surface area (Å²) in [5.41, 5.74) is 1.58. The first kappa shape index (κ1) is 16.4. The summed E-state index contributed by atoms with van der Waals surface area (Å²) < 4.78 is 12.7. The van der Waals surface area contributed by atoms with Crippen LogP contribution in [0.5, 0.6) is 17.2 Å². The van der Waals surface area contributed by atoms with Crippen molar-refractivity contribution in [2.24, 2.45) is 0 Å². The molecule has 4 heteroatoms. The molecule has 0 heterocycles. The largest absolute Gasteiger partial charge is 0.490 e. The lowest BCUT2D eigenvalue weighted by Crippen LogP contribution is -2.00. The maximum absolute atomic E-state index is 9.17. The topological polar surface area (TPSA) is 42.2 Å². The highest BCUT2D eigenvalue weighted by Gasteiger charge is 2.12. The van der Waals surface area contributed by atoms with Gasteiger partial charge in [0.15, 0.2) is 11.5 Å².